The van der Waals surface area contributed by atoms with E-state index in [4.69, 9.17) is 5.73 Å². The Morgan fingerprint density at radius 1 is 0.867 bits per heavy atom. The number of hydrogen-bond donors (Lipinski definition) is 1. The van der Waals surface area contributed by atoms with E-state index in [1.807, 2.05) is 36.4 Å². The first-order valence-corrected chi connectivity index (χ1v) is 4.83. The second-order valence-corrected chi connectivity index (χ2v) is 3.44. The van der Waals surface area contributed by atoms with Crippen molar-refractivity contribution in [1.82, 2.24) is 0 Å². The van der Waals surface area contributed by atoms with Crippen molar-refractivity contribution < 1.29 is 4.39 Å². The molecule has 2 N–H and O–H groups in total. The van der Waals surface area contributed by atoms with E-state index in [1.54, 1.807) is 6.07 Å². The summed E-state index contributed by atoms with van der Waals surface area (Å²) in [4.78, 5) is 0. The predicted octanol–water partition coefficient (Wildman–Crippen LogP) is 2.87. The maximum atomic E-state index is 13.0. The van der Waals surface area contributed by atoms with Gasteiger partial charge in [0.25, 0.3) is 0 Å². The lowest BCUT2D eigenvalue weighted by molar-refractivity contribution is 0.623. The molecule has 0 bridgehead atoms. The number of nitrogens with two attached hydrogens (primary N) is 1. The van der Waals surface area contributed by atoms with Crippen LogP contribution in [0.1, 0.15) is 17.2 Å². The first-order chi connectivity index (χ1) is 7.27. The van der Waals surface area contributed by atoms with Gasteiger partial charge < -0.3 is 5.73 Å². The zero-order valence-corrected chi connectivity index (χ0v) is 8.23. The molecule has 0 unspecified atom stereocenters. The fourth-order valence-corrected chi connectivity index (χ4v) is 1.55. The van der Waals surface area contributed by atoms with Gasteiger partial charge in [-0.05, 0) is 23.3 Å². The van der Waals surface area contributed by atoms with E-state index in [0.717, 1.165) is 11.1 Å². The standard InChI is InChI=1S/C13H12FN/c14-12-8-4-7-11(9-12)13(15)10-5-2-1-3-6-10/h1-9,13H,15H2/t13-/m1/s1. The molecule has 1 atom stereocenters. The Balaban J connectivity index is 2.32. The molecule has 0 amide bonds. The highest BCUT2D eigenvalue weighted by Gasteiger charge is 2.08. The minimum absolute atomic E-state index is 0.251. The Kier molecular flexibility index (Phi) is 2.79. The normalized spacial score (nSPS) is 12.4. The van der Waals surface area contributed by atoms with Gasteiger partial charge in [0.1, 0.15) is 5.82 Å². The van der Waals surface area contributed by atoms with E-state index < -0.39 is 0 Å². The molecule has 0 saturated carbocycles. The molecule has 0 spiro atoms. The Labute approximate surface area is 88.4 Å². The van der Waals surface area contributed by atoms with Gasteiger partial charge in [-0.15, -0.1) is 0 Å². The Hall–Kier alpha value is -1.67. The minimum atomic E-state index is -0.262. The Bertz CT molecular complexity index is 439. The van der Waals surface area contributed by atoms with Crippen molar-refractivity contribution in [3.8, 4) is 0 Å². The van der Waals surface area contributed by atoms with E-state index in [1.165, 1.54) is 12.1 Å². The minimum Gasteiger partial charge on any atom is -0.320 e. The molecule has 2 aromatic carbocycles. The smallest absolute Gasteiger partial charge is 0.123 e. The molecule has 15 heavy (non-hydrogen) atoms. The second-order valence-electron chi connectivity index (χ2n) is 3.44. The predicted molar refractivity (Wildman–Crippen MR) is 58.9 cm³/mol. The Morgan fingerprint density at radius 3 is 2.20 bits per heavy atom. The first-order valence-electron chi connectivity index (χ1n) is 4.83. The monoisotopic (exact) mass is 201 g/mol. The van der Waals surface area contributed by atoms with Crippen LogP contribution in [0, 0.1) is 5.82 Å². The van der Waals surface area contributed by atoms with Gasteiger partial charge in [0, 0.05) is 0 Å². The van der Waals surface area contributed by atoms with Gasteiger partial charge in [-0.25, -0.2) is 4.39 Å². The van der Waals surface area contributed by atoms with Crippen LogP contribution < -0.4 is 5.73 Å². The molecule has 0 aromatic heterocycles. The molecular formula is C13H12FN. The van der Waals surface area contributed by atoms with E-state index in [2.05, 4.69) is 0 Å². The topological polar surface area (TPSA) is 26.0 Å². The third kappa shape index (κ3) is 2.22. The van der Waals surface area contributed by atoms with Crippen LogP contribution in [0.4, 0.5) is 4.39 Å². The molecule has 2 heteroatoms. The fraction of sp³-hybridized carbons (Fsp3) is 0.0769. The van der Waals surface area contributed by atoms with Gasteiger partial charge in [0.05, 0.1) is 6.04 Å². The molecule has 0 aliphatic heterocycles. The number of rotatable bonds is 2. The van der Waals surface area contributed by atoms with Crippen molar-refractivity contribution in [1.29, 1.82) is 0 Å². The molecule has 0 aliphatic rings. The average Bonchev–Trinajstić information content (AvgIpc) is 2.29. The van der Waals surface area contributed by atoms with E-state index in [9.17, 15) is 4.39 Å². The highest BCUT2D eigenvalue weighted by Crippen LogP contribution is 2.19. The summed E-state index contributed by atoms with van der Waals surface area (Å²) in [6, 6.07) is 15.8. The zero-order chi connectivity index (χ0) is 10.7. The second kappa shape index (κ2) is 4.24. The third-order valence-corrected chi connectivity index (χ3v) is 2.37. The number of halogens is 1. The summed E-state index contributed by atoms with van der Waals surface area (Å²) in [5.41, 5.74) is 7.80. The lowest BCUT2D eigenvalue weighted by atomic mass is 10.00. The van der Waals surface area contributed by atoms with Gasteiger partial charge in [-0.2, -0.15) is 0 Å². The fourth-order valence-electron chi connectivity index (χ4n) is 1.55. The summed E-state index contributed by atoms with van der Waals surface area (Å²) in [5.74, 6) is -0.251. The average molecular weight is 201 g/mol. The van der Waals surface area contributed by atoms with Gasteiger partial charge in [-0.3, -0.25) is 0 Å². The SMILES string of the molecule is N[C@H](c1ccccc1)c1cccc(F)c1. The summed E-state index contributed by atoms with van der Waals surface area (Å²) in [5, 5.41) is 0. The van der Waals surface area contributed by atoms with E-state index in [0.29, 0.717) is 0 Å². The van der Waals surface area contributed by atoms with Crippen LogP contribution in [0.25, 0.3) is 0 Å². The summed E-state index contributed by atoms with van der Waals surface area (Å²) in [6.45, 7) is 0. The van der Waals surface area contributed by atoms with Crippen molar-refractivity contribution in [3.63, 3.8) is 0 Å². The van der Waals surface area contributed by atoms with Gasteiger partial charge in [0.2, 0.25) is 0 Å². The lowest BCUT2D eigenvalue weighted by Gasteiger charge is -2.12. The number of benzene rings is 2. The molecular weight excluding hydrogens is 189 g/mol. The molecule has 1 nitrogen and oxygen atoms in total. The van der Waals surface area contributed by atoms with Gasteiger partial charge in [0.15, 0.2) is 0 Å². The maximum absolute atomic E-state index is 13.0. The first kappa shape index (κ1) is 9.87. The zero-order valence-electron chi connectivity index (χ0n) is 8.23. The molecule has 2 rings (SSSR count). The van der Waals surface area contributed by atoms with Crippen molar-refractivity contribution in [3.05, 3.63) is 71.5 Å². The molecule has 0 radical (unpaired) electrons. The quantitative estimate of drug-likeness (QED) is 0.794. The molecule has 0 aliphatic carbocycles. The van der Waals surface area contributed by atoms with Gasteiger partial charge in [-0.1, -0.05) is 42.5 Å². The van der Waals surface area contributed by atoms with Crippen LogP contribution in [0.2, 0.25) is 0 Å². The van der Waals surface area contributed by atoms with Crippen molar-refractivity contribution in [2.24, 2.45) is 5.73 Å². The van der Waals surface area contributed by atoms with E-state index >= 15 is 0 Å². The van der Waals surface area contributed by atoms with Crippen LogP contribution in [-0.4, -0.2) is 0 Å². The highest BCUT2D eigenvalue weighted by molar-refractivity contribution is 5.31. The van der Waals surface area contributed by atoms with Crippen LogP contribution in [-0.2, 0) is 0 Å². The maximum Gasteiger partial charge on any atom is 0.123 e. The van der Waals surface area contributed by atoms with Crippen LogP contribution in [0.15, 0.2) is 54.6 Å². The van der Waals surface area contributed by atoms with Gasteiger partial charge >= 0.3 is 0 Å². The summed E-state index contributed by atoms with van der Waals surface area (Å²) in [7, 11) is 0. The molecule has 0 heterocycles. The van der Waals surface area contributed by atoms with Crippen LogP contribution >= 0.6 is 0 Å². The summed E-state index contributed by atoms with van der Waals surface area (Å²) >= 11 is 0. The largest absolute Gasteiger partial charge is 0.320 e. The van der Waals surface area contributed by atoms with Crippen LogP contribution in [0.3, 0.4) is 0 Å². The number of hydrogen-bond acceptors (Lipinski definition) is 1. The third-order valence-electron chi connectivity index (χ3n) is 2.37. The van der Waals surface area contributed by atoms with E-state index in [-0.39, 0.29) is 11.9 Å². The van der Waals surface area contributed by atoms with Crippen LogP contribution in [0.5, 0.6) is 0 Å². The summed E-state index contributed by atoms with van der Waals surface area (Å²) in [6.07, 6.45) is 0. The van der Waals surface area contributed by atoms with Crippen molar-refractivity contribution >= 4 is 0 Å². The van der Waals surface area contributed by atoms with Crippen molar-refractivity contribution in [2.75, 3.05) is 0 Å². The molecule has 2 aromatic rings. The Morgan fingerprint density at radius 2 is 1.53 bits per heavy atom. The van der Waals surface area contributed by atoms with Crippen molar-refractivity contribution in [2.45, 2.75) is 6.04 Å². The molecule has 0 fully saturated rings. The highest BCUT2D eigenvalue weighted by atomic mass is 19.1. The summed E-state index contributed by atoms with van der Waals surface area (Å²) < 4.78 is 13.0. The lowest BCUT2D eigenvalue weighted by Crippen LogP contribution is -2.11. The molecule has 76 valence electrons. The molecule has 0 saturated heterocycles.